The van der Waals surface area contributed by atoms with Gasteiger partial charge < -0.3 is 5.11 Å². The SMILES string of the molecule is CCCCC(C(=O)O)(c1ccc(F)cc1)c1ccc(F)cc1. The number of aliphatic carboxylic acids is 1. The van der Waals surface area contributed by atoms with Crippen molar-refractivity contribution in [2.24, 2.45) is 0 Å². The summed E-state index contributed by atoms with van der Waals surface area (Å²) in [4.78, 5) is 12.1. The quantitative estimate of drug-likeness (QED) is 0.851. The van der Waals surface area contributed by atoms with Crippen LogP contribution in [0.25, 0.3) is 0 Å². The highest BCUT2D eigenvalue weighted by molar-refractivity contribution is 5.86. The molecule has 0 fully saturated rings. The zero-order valence-electron chi connectivity index (χ0n) is 12.4. The third-order valence-electron chi connectivity index (χ3n) is 3.94. The van der Waals surface area contributed by atoms with E-state index in [-0.39, 0.29) is 0 Å². The van der Waals surface area contributed by atoms with Crippen molar-refractivity contribution in [2.45, 2.75) is 31.6 Å². The lowest BCUT2D eigenvalue weighted by molar-refractivity contribution is -0.142. The average Bonchev–Trinajstić information content (AvgIpc) is 2.50. The number of hydrogen-bond acceptors (Lipinski definition) is 1. The minimum absolute atomic E-state index is 0.371. The van der Waals surface area contributed by atoms with Gasteiger partial charge in [-0.3, -0.25) is 4.79 Å². The van der Waals surface area contributed by atoms with Crippen LogP contribution in [0.15, 0.2) is 48.5 Å². The first kappa shape index (κ1) is 16.1. The lowest BCUT2D eigenvalue weighted by Gasteiger charge is -2.31. The highest BCUT2D eigenvalue weighted by atomic mass is 19.1. The molecule has 0 bridgehead atoms. The van der Waals surface area contributed by atoms with Crippen molar-refractivity contribution in [1.82, 2.24) is 0 Å². The van der Waals surface area contributed by atoms with Crippen LogP contribution < -0.4 is 0 Å². The first-order chi connectivity index (χ1) is 10.5. The van der Waals surface area contributed by atoms with E-state index in [9.17, 15) is 18.7 Å². The van der Waals surface area contributed by atoms with Crippen molar-refractivity contribution in [2.75, 3.05) is 0 Å². The Kier molecular flexibility index (Phi) is 4.91. The highest BCUT2D eigenvalue weighted by Crippen LogP contribution is 2.38. The Balaban J connectivity index is 2.62. The van der Waals surface area contributed by atoms with Crippen LogP contribution >= 0.6 is 0 Å². The molecule has 0 heterocycles. The Morgan fingerprint density at radius 3 is 1.68 bits per heavy atom. The molecule has 2 aromatic carbocycles. The molecule has 22 heavy (non-hydrogen) atoms. The van der Waals surface area contributed by atoms with Crippen LogP contribution in [0.1, 0.15) is 37.3 Å². The number of unbranched alkanes of at least 4 members (excludes halogenated alkanes) is 1. The fourth-order valence-corrected chi connectivity index (χ4v) is 2.72. The van der Waals surface area contributed by atoms with Gasteiger partial charge in [-0.15, -0.1) is 0 Å². The van der Waals surface area contributed by atoms with Crippen LogP contribution in [-0.2, 0) is 10.2 Å². The van der Waals surface area contributed by atoms with Crippen LogP contribution in [0.3, 0.4) is 0 Å². The summed E-state index contributed by atoms with van der Waals surface area (Å²) >= 11 is 0. The van der Waals surface area contributed by atoms with Crippen molar-refractivity contribution in [3.05, 3.63) is 71.3 Å². The van der Waals surface area contributed by atoms with Gasteiger partial charge in [-0.2, -0.15) is 0 Å². The molecule has 2 nitrogen and oxygen atoms in total. The van der Waals surface area contributed by atoms with Crippen molar-refractivity contribution in [3.8, 4) is 0 Å². The van der Waals surface area contributed by atoms with Crippen molar-refractivity contribution >= 4 is 5.97 Å². The van der Waals surface area contributed by atoms with Gasteiger partial charge in [0, 0.05) is 0 Å². The molecule has 0 aliphatic carbocycles. The smallest absolute Gasteiger partial charge is 0.318 e. The number of hydrogen-bond donors (Lipinski definition) is 1. The molecule has 0 atom stereocenters. The average molecular weight is 304 g/mol. The minimum atomic E-state index is -1.29. The summed E-state index contributed by atoms with van der Waals surface area (Å²) in [5.74, 6) is -1.85. The molecule has 0 aliphatic heterocycles. The third-order valence-corrected chi connectivity index (χ3v) is 3.94. The molecule has 0 aliphatic rings. The van der Waals surface area contributed by atoms with Gasteiger partial charge in [-0.1, -0.05) is 44.0 Å². The van der Waals surface area contributed by atoms with E-state index < -0.39 is 23.0 Å². The first-order valence-corrected chi connectivity index (χ1v) is 7.26. The third kappa shape index (κ3) is 3.01. The summed E-state index contributed by atoms with van der Waals surface area (Å²) in [6.07, 6.45) is 1.90. The van der Waals surface area contributed by atoms with Gasteiger partial charge in [-0.05, 0) is 41.8 Å². The molecule has 4 heteroatoms. The Morgan fingerprint density at radius 1 is 0.955 bits per heavy atom. The van der Waals surface area contributed by atoms with E-state index >= 15 is 0 Å². The van der Waals surface area contributed by atoms with Gasteiger partial charge in [-0.25, -0.2) is 8.78 Å². The summed E-state index contributed by atoms with van der Waals surface area (Å²) in [7, 11) is 0. The van der Waals surface area contributed by atoms with E-state index in [1.807, 2.05) is 6.92 Å². The summed E-state index contributed by atoms with van der Waals surface area (Å²) in [6.45, 7) is 1.97. The molecule has 0 aromatic heterocycles. The zero-order chi connectivity index (χ0) is 16.2. The minimum Gasteiger partial charge on any atom is -0.480 e. The van der Waals surface area contributed by atoms with Gasteiger partial charge in [0.25, 0.3) is 0 Å². The fourth-order valence-electron chi connectivity index (χ4n) is 2.72. The molecule has 0 amide bonds. The maximum absolute atomic E-state index is 13.2. The standard InChI is InChI=1S/C18H18F2O2/c1-2-3-12-18(17(21)22,13-4-8-15(19)9-5-13)14-6-10-16(20)11-7-14/h4-11H,2-3,12H2,1H3,(H,21,22). The fraction of sp³-hybridized carbons (Fsp3) is 0.278. The Bertz CT molecular complexity index is 588. The molecule has 2 aromatic rings. The van der Waals surface area contributed by atoms with E-state index in [1.165, 1.54) is 48.5 Å². The molecule has 0 spiro atoms. The predicted molar refractivity (Wildman–Crippen MR) is 80.7 cm³/mol. The van der Waals surface area contributed by atoms with E-state index in [1.54, 1.807) is 0 Å². The van der Waals surface area contributed by atoms with Crippen molar-refractivity contribution < 1.29 is 18.7 Å². The molecular formula is C18H18F2O2. The van der Waals surface area contributed by atoms with Gasteiger partial charge in [0.2, 0.25) is 0 Å². The number of carboxylic acids is 1. The molecule has 116 valence electrons. The number of carboxylic acid groups (broad SMARTS) is 1. The second-order valence-electron chi connectivity index (χ2n) is 5.33. The molecule has 2 rings (SSSR count). The second-order valence-corrected chi connectivity index (χ2v) is 5.33. The van der Waals surface area contributed by atoms with Gasteiger partial charge in [0.1, 0.15) is 17.0 Å². The van der Waals surface area contributed by atoms with Gasteiger partial charge in [0.05, 0.1) is 0 Å². The monoisotopic (exact) mass is 304 g/mol. The predicted octanol–water partition coefficient (Wildman–Crippen LogP) is 4.53. The van der Waals surface area contributed by atoms with Crippen molar-refractivity contribution in [3.63, 3.8) is 0 Å². The first-order valence-electron chi connectivity index (χ1n) is 7.26. The molecule has 1 N–H and O–H groups in total. The molecule has 0 unspecified atom stereocenters. The number of benzene rings is 2. The molecule has 0 radical (unpaired) electrons. The van der Waals surface area contributed by atoms with Gasteiger partial charge >= 0.3 is 5.97 Å². The van der Waals surface area contributed by atoms with Crippen molar-refractivity contribution in [1.29, 1.82) is 0 Å². The Hall–Kier alpha value is -2.23. The van der Waals surface area contributed by atoms with Crippen LogP contribution in [0.4, 0.5) is 8.78 Å². The normalized spacial score (nSPS) is 11.4. The largest absolute Gasteiger partial charge is 0.480 e. The van der Waals surface area contributed by atoms with E-state index in [2.05, 4.69) is 0 Å². The number of halogens is 2. The topological polar surface area (TPSA) is 37.3 Å². The molecular weight excluding hydrogens is 286 g/mol. The number of rotatable bonds is 6. The second kappa shape index (κ2) is 6.69. The number of carbonyl (C=O) groups is 1. The Morgan fingerprint density at radius 2 is 1.36 bits per heavy atom. The van der Waals surface area contributed by atoms with Gasteiger partial charge in [0.15, 0.2) is 0 Å². The summed E-state index contributed by atoms with van der Waals surface area (Å²) in [5, 5.41) is 9.91. The summed E-state index contributed by atoms with van der Waals surface area (Å²) in [5.41, 5.74) is -0.292. The lowest BCUT2D eigenvalue weighted by atomic mass is 9.71. The zero-order valence-corrected chi connectivity index (χ0v) is 12.4. The van der Waals surface area contributed by atoms with Crippen LogP contribution in [0, 0.1) is 11.6 Å². The maximum atomic E-state index is 13.2. The summed E-state index contributed by atoms with van der Waals surface area (Å²) in [6, 6.07) is 11.0. The van der Waals surface area contributed by atoms with Crippen LogP contribution in [0.5, 0.6) is 0 Å². The van der Waals surface area contributed by atoms with E-state index in [0.717, 1.165) is 6.42 Å². The van der Waals surface area contributed by atoms with E-state index in [0.29, 0.717) is 24.0 Å². The molecule has 0 saturated carbocycles. The summed E-state index contributed by atoms with van der Waals surface area (Å²) < 4.78 is 26.4. The van der Waals surface area contributed by atoms with Crippen LogP contribution in [-0.4, -0.2) is 11.1 Å². The maximum Gasteiger partial charge on any atom is 0.318 e. The molecule has 0 saturated heterocycles. The highest BCUT2D eigenvalue weighted by Gasteiger charge is 2.41. The van der Waals surface area contributed by atoms with E-state index in [4.69, 9.17) is 0 Å². The Labute approximate surface area is 128 Å². The van der Waals surface area contributed by atoms with Crippen LogP contribution in [0.2, 0.25) is 0 Å². The lowest BCUT2D eigenvalue weighted by Crippen LogP contribution is -2.37.